The minimum absolute atomic E-state index is 0.0374. The SMILES string of the molecule is N=C1/N=C(/N)C(=S)NCOCNC(=S)/C(N)=N\1. The third-order valence-corrected chi connectivity index (χ3v) is 2.29. The van der Waals surface area contributed by atoms with Crippen LogP contribution in [0.3, 0.4) is 0 Å². The number of nitrogens with zero attached hydrogens (tertiary/aromatic N) is 2. The van der Waals surface area contributed by atoms with E-state index in [1.165, 1.54) is 0 Å². The first kappa shape index (κ1) is 13.4. The first-order valence-electron chi connectivity index (χ1n) is 4.41. The Morgan fingerprint density at radius 1 is 1.06 bits per heavy atom. The maximum Gasteiger partial charge on any atom is 0.245 e. The molecule has 7 N–H and O–H groups in total. The summed E-state index contributed by atoms with van der Waals surface area (Å²) in [6, 6.07) is 0. The third-order valence-electron chi connectivity index (χ3n) is 1.59. The average Bonchev–Trinajstić information content (AvgIpc) is 2.26. The summed E-state index contributed by atoms with van der Waals surface area (Å²) in [5.74, 6) is -0.455. The van der Waals surface area contributed by atoms with Crippen LogP contribution in [0, 0.1) is 5.41 Å². The second-order valence-electron chi connectivity index (χ2n) is 2.82. The van der Waals surface area contributed by atoms with Crippen molar-refractivity contribution in [2.24, 2.45) is 21.5 Å². The van der Waals surface area contributed by atoms with E-state index in [9.17, 15) is 0 Å². The summed E-state index contributed by atoms with van der Waals surface area (Å²) in [7, 11) is 0. The molecule has 1 heterocycles. The summed E-state index contributed by atoms with van der Waals surface area (Å²) in [5.41, 5.74) is 11.0. The lowest BCUT2D eigenvalue weighted by Gasteiger charge is -2.11. The Bertz CT molecular complexity index is 380. The van der Waals surface area contributed by atoms with Crippen molar-refractivity contribution in [2.45, 2.75) is 0 Å². The van der Waals surface area contributed by atoms with Crippen LogP contribution in [0.2, 0.25) is 0 Å². The number of aliphatic imine (C=N–C) groups is 2. The van der Waals surface area contributed by atoms with Crippen LogP contribution in [0.1, 0.15) is 0 Å². The molecule has 8 nitrogen and oxygen atoms in total. The maximum absolute atomic E-state index is 7.42. The molecule has 1 aliphatic heterocycles. The molecule has 0 aliphatic carbocycles. The topological polar surface area (TPSA) is 134 Å². The molecule has 0 aromatic heterocycles. The molecule has 10 heteroatoms. The lowest BCUT2D eigenvalue weighted by Crippen LogP contribution is -2.41. The van der Waals surface area contributed by atoms with Crippen LogP contribution in [0.15, 0.2) is 9.98 Å². The molecule has 0 atom stereocenters. The van der Waals surface area contributed by atoms with Gasteiger partial charge in [0.2, 0.25) is 5.96 Å². The minimum Gasteiger partial charge on any atom is -0.381 e. The minimum atomic E-state index is -0.380. The smallest absolute Gasteiger partial charge is 0.245 e. The van der Waals surface area contributed by atoms with Crippen molar-refractivity contribution in [3.05, 3.63) is 0 Å². The highest BCUT2D eigenvalue weighted by molar-refractivity contribution is 7.82. The van der Waals surface area contributed by atoms with E-state index >= 15 is 0 Å². The highest BCUT2D eigenvalue weighted by Gasteiger charge is 2.07. The van der Waals surface area contributed by atoms with Crippen molar-refractivity contribution in [2.75, 3.05) is 13.5 Å². The number of nitrogens with one attached hydrogen (secondary N) is 3. The van der Waals surface area contributed by atoms with Gasteiger partial charge in [0.1, 0.15) is 23.4 Å². The first-order chi connectivity index (χ1) is 8.00. The van der Waals surface area contributed by atoms with Gasteiger partial charge in [-0.05, 0) is 0 Å². The number of rotatable bonds is 0. The van der Waals surface area contributed by atoms with E-state index in [-0.39, 0.29) is 41.1 Å². The molecule has 0 amide bonds. The first-order valence-corrected chi connectivity index (χ1v) is 5.23. The number of amidine groups is 2. The zero-order valence-corrected chi connectivity index (χ0v) is 10.3. The van der Waals surface area contributed by atoms with Gasteiger partial charge in [-0.15, -0.1) is 0 Å². The molecule has 17 heavy (non-hydrogen) atoms. The quantitative estimate of drug-likeness (QED) is 0.336. The maximum atomic E-state index is 7.42. The molecular weight excluding hydrogens is 262 g/mol. The number of ether oxygens (including phenoxy) is 1. The van der Waals surface area contributed by atoms with Gasteiger partial charge < -0.3 is 26.8 Å². The van der Waals surface area contributed by atoms with E-state index in [1.54, 1.807) is 0 Å². The van der Waals surface area contributed by atoms with Gasteiger partial charge in [-0.2, -0.15) is 9.98 Å². The highest BCUT2D eigenvalue weighted by Crippen LogP contribution is 1.86. The van der Waals surface area contributed by atoms with Crippen LogP contribution in [0.4, 0.5) is 0 Å². The fourth-order valence-electron chi connectivity index (χ4n) is 0.820. The Kier molecular flexibility index (Phi) is 4.87. The summed E-state index contributed by atoms with van der Waals surface area (Å²) in [4.78, 5) is 7.63. The van der Waals surface area contributed by atoms with E-state index in [0.717, 1.165) is 0 Å². The second-order valence-corrected chi connectivity index (χ2v) is 3.64. The lowest BCUT2D eigenvalue weighted by atomic mass is 10.5. The molecule has 0 saturated carbocycles. The molecule has 0 bridgehead atoms. The second kappa shape index (κ2) is 6.18. The molecule has 0 spiro atoms. The van der Waals surface area contributed by atoms with Crippen LogP contribution in [-0.2, 0) is 4.74 Å². The predicted molar refractivity (Wildman–Crippen MR) is 73.3 cm³/mol. The number of nitrogens with two attached hydrogens (primary N) is 2. The molecule has 1 aliphatic rings. The normalized spacial score (nSPS) is 25.3. The number of thiocarbonyl (C=S) groups is 2. The van der Waals surface area contributed by atoms with Gasteiger partial charge in [0.15, 0.2) is 11.7 Å². The van der Waals surface area contributed by atoms with Gasteiger partial charge in [-0.1, -0.05) is 24.4 Å². The summed E-state index contributed by atoms with van der Waals surface area (Å²) < 4.78 is 5.10. The summed E-state index contributed by atoms with van der Waals surface area (Å²) in [5, 5.41) is 12.8. The molecule has 0 unspecified atom stereocenters. The molecule has 1 rings (SSSR count). The Balaban J connectivity index is 2.92. The van der Waals surface area contributed by atoms with Crippen LogP contribution >= 0.6 is 24.4 Å². The van der Waals surface area contributed by atoms with Crippen LogP contribution in [-0.4, -0.2) is 41.1 Å². The highest BCUT2D eigenvalue weighted by atomic mass is 32.1. The fourth-order valence-corrected chi connectivity index (χ4v) is 1.03. The van der Waals surface area contributed by atoms with Crippen molar-refractivity contribution in [1.82, 2.24) is 10.6 Å². The summed E-state index contributed by atoms with van der Waals surface area (Å²) >= 11 is 9.79. The average molecular weight is 273 g/mol. The Morgan fingerprint density at radius 2 is 1.47 bits per heavy atom. The van der Waals surface area contributed by atoms with E-state index < -0.39 is 0 Å². The van der Waals surface area contributed by atoms with Crippen LogP contribution < -0.4 is 22.1 Å². The van der Waals surface area contributed by atoms with Gasteiger partial charge in [0.05, 0.1) is 0 Å². The zero-order valence-electron chi connectivity index (χ0n) is 8.69. The monoisotopic (exact) mass is 273 g/mol. The van der Waals surface area contributed by atoms with Gasteiger partial charge in [-0.3, -0.25) is 5.41 Å². The molecule has 0 aromatic rings. The van der Waals surface area contributed by atoms with Crippen molar-refractivity contribution >= 4 is 52.0 Å². The molecular formula is C7H11N7OS2. The number of hydrogen-bond acceptors (Lipinski definition) is 6. The van der Waals surface area contributed by atoms with Crippen molar-refractivity contribution in [1.29, 1.82) is 5.41 Å². The van der Waals surface area contributed by atoms with Crippen molar-refractivity contribution in [3.63, 3.8) is 0 Å². The molecule has 92 valence electrons. The largest absolute Gasteiger partial charge is 0.381 e. The molecule has 0 aromatic carbocycles. The predicted octanol–water partition coefficient (Wildman–Crippen LogP) is -1.59. The summed E-state index contributed by atoms with van der Waals surface area (Å²) in [6.07, 6.45) is 0. The molecule has 0 saturated heterocycles. The van der Waals surface area contributed by atoms with Crippen molar-refractivity contribution < 1.29 is 4.74 Å². The van der Waals surface area contributed by atoms with Crippen molar-refractivity contribution in [3.8, 4) is 0 Å². The molecule has 0 fully saturated rings. The van der Waals surface area contributed by atoms with Gasteiger partial charge in [0.25, 0.3) is 0 Å². The fraction of sp³-hybridized carbons (Fsp3) is 0.286. The van der Waals surface area contributed by atoms with Crippen LogP contribution in [0.25, 0.3) is 0 Å². The lowest BCUT2D eigenvalue weighted by molar-refractivity contribution is 0.125. The summed E-state index contributed by atoms with van der Waals surface area (Å²) in [6.45, 7) is 0.268. The standard InChI is InChI=1S/C7H11N7OS2/c8-3-5(16)11-1-15-2-12-6(17)4(9)14-7(10)13-3/h1-2H2,(H,11,16)(H,12,17)(H5,8,9,10,13,14). The van der Waals surface area contributed by atoms with E-state index in [0.29, 0.717) is 0 Å². The van der Waals surface area contributed by atoms with E-state index in [2.05, 4.69) is 20.6 Å². The number of hydrogen-bond donors (Lipinski definition) is 5. The van der Waals surface area contributed by atoms with E-state index in [1.807, 2.05) is 0 Å². The van der Waals surface area contributed by atoms with Gasteiger partial charge >= 0.3 is 0 Å². The van der Waals surface area contributed by atoms with E-state index in [4.69, 9.17) is 46.0 Å². The Morgan fingerprint density at radius 3 is 1.88 bits per heavy atom. The number of guanidine groups is 1. The Labute approximate surface area is 108 Å². The zero-order chi connectivity index (χ0) is 12.8. The third kappa shape index (κ3) is 4.38. The van der Waals surface area contributed by atoms with Gasteiger partial charge in [-0.25, -0.2) is 0 Å². The Hall–Kier alpha value is -1.65. The van der Waals surface area contributed by atoms with Gasteiger partial charge in [0, 0.05) is 0 Å². The van der Waals surface area contributed by atoms with Crippen LogP contribution in [0.5, 0.6) is 0 Å². The molecule has 0 radical (unpaired) electrons.